The molecule has 24 heavy (non-hydrogen) atoms. The number of halogens is 1. The van der Waals surface area contributed by atoms with Crippen LogP contribution in [-0.2, 0) is 6.42 Å². The van der Waals surface area contributed by atoms with E-state index in [9.17, 15) is 9.90 Å². The number of hydrogen-bond acceptors (Lipinski definition) is 4. The maximum absolute atomic E-state index is 12.5. The molecule has 2 aromatic rings. The fourth-order valence-electron chi connectivity index (χ4n) is 3.15. The minimum atomic E-state index is -0.393. The highest BCUT2D eigenvalue weighted by Crippen LogP contribution is 2.26. The summed E-state index contributed by atoms with van der Waals surface area (Å²) >= 11 is 5.99. The molecule has 1 saturated heterocycles. The number of amides is 1. The highest BCUT2D eigenvalue weighted by Gasteiger charge is 2.29. The molecular formula is C17H21ClN4O2. The van der Waals surface area contributed by atoms with E-state index in [-0.39, 0.29) is 28.4 Å². The van der Waals surface area contributed by atoms with Gasteiger partial charge in [-0.25, -0.2) is 0 Å². The first-order chi connectivity index (χ1) is 11.6. The van der Waals surface area contributed by atoms with E-state index >= 15 is 0 Å². The Hall–Kier alpha value is -2.05. The van der Waals surface area contributed by atoms with Crippen molar-refractivity contribution in [1.29, 1.82) is 0 Å². The Kier molecular flexibility index (Phi) is 5.06. The quantitative estimate of drug-likeness (QED) is 0.788. The molecule has 1 aliphatic rings. The number of likely N-dealkylation sites (tertiary alicyclic amines) is 1. The summed E-state index contributed by atoms with van der Waals surface area (Å²) in [5, 5.41) is 17.0. The van der Waals surface area contributed by atoms with E-state index < -0.39 is 6.10 Å². The number of piperidine rings is 1. The molecule has 1 amide bonds. The molecule has 0 bridgehead atoms. The summed E-state index contributed by atoms with van der Waals surface area (Å²) in [6.07, 6.45) is 1.78. The molecular weight excluding hydrogens is 328 g/mol. The number of nitrogen functional groups attached to an aromatic ring is 1. The van der Waals surface area contributed by atoms with Gasteiger partial charge in [-0.1, -0.05) is 41.9 Å². The highest BCUT2D eigenvalue weighted by atomic mass is 35.5. The number of nitrogens with two attached hydrogens (primary N) is 1. The molecule has 0 saturated carbocycles. The Bertz CT molecular complexity index is 696. The molecule has 1 aliphatic heterocycles. The molecule has 1 unspecified atom stereocenters. The minimum Gasteiger partial charge on any atom is -0.392 e. The SMILES string of the molecule is Nc1n[nH]c(C(=O)N2CCC(C(O)Cc3ccccc3)CC2)c1Cl. The average Bonchev–Trinajstić information content (AvgIpc) is 2.94. The van der Waals surface area contributed by atoms with E-state index in [1.54, 1.807) is 4.90 Å². The van der Waals surface area contributed by atoms with Gasteiger partial charge < -0.3 is 15.7 Å². The summed E-state index contributed by atoms with van der Waals surface area (Å²) in [5.41, 5.74) is 6.93. The molecule has 3 rings (SSSR count). The molecule has 2 heterocycles. The van der Waals surface area contributed by atoms with Gasteiger partial charge in [0.25, 0.3) is 5.91 Å². The molecule has 0 radical (unpaired) electrons. The molecule has 1 atom stereocenters. The van der Waals surface area contributed by atoms with Crippen molar-refractivity contribution in [2.24, 2.45) is 5.92 Å². The fourth-order valence-corrected chi connectivity index (χ4v) is 3.32. The third-order valence-electron chi connectivity index (χ3n) is 4.61. The molecule has 1 aromatic heterocycles. The predicted octanol–water partition coefficient (Wildman–Crippen LogP) is 2.10. The third-order valence-corrected chi connectivity index (χ3v) is 4.99. The van der Waals surface area contributed by atoms with Crippen molar-refractivity contribution < 1.29 is 9.90 Å². The highest BCUT2D eigenvalue weighted by molar-refractivity contribution is 6.35. The summed E-state index contributed by atoms with van der Waals surface area (Å²) < 4.78 is 0. The lowest BCUT2D eigenvalue weighted by atomic mass is 9.88. The topological polar surface area (TPSA) is 95.2 Å². The van der Waals surface area contributed by atoms with Gasteiger partial charge in [0.1, 0.15) is 10.7 Å². The first kappa shape index (κ1) is 16.8. The van der Waals surface area contributed by atoms with Crippen LogP contribution in [0.25, 0.3) is 0 Å². The third kappa shape index (κ3) is 3.55. The predicted molar refractivity (Wildman–Crippen MR) is 92.8 cm³/mol. The Morgan fingerprint density at radius 2 is 2.04 bits per heavy atom. The number of aliphatic hydroxyl groups excluding tert-OH is 1. The molecule has 1 fully saturated rings. The summed E-state index contributed by atoms with van der Waals surface area (Å²) in [7, 11) is 0. The zero-order valence-corrected chi connectivity index (χ0v) is 14.0. The molecule has 128 valence electrons. The van der Waals surface area contributed by atoms with Gasteiger partial charge in [-0.2, -0.15) is 5.10 Å². The number of benzene rings is 1. The van der Waals surface area contributed by atoms with Gasteiger partial charge >= 0.3 is 0 Å². The average molecular weight is 349 g/mol. The van der Waals surface area contributed by atoms with Crippen molar-refractivity contribution in [2.75, 3.05) is 18.8 Å². The van der Waals surface area contributed by atoms with E-state index in [2.05, 4.69) is 10.2 Å². The monoisotopic (exact) mass is 348 g/mol. The second-order valence-corrected chi connectivity index (χ2v) is 6.56. The zero-order chi connectivity index (χ0) is 17.1. The molecule has 6 nitrogen and oxygen atoms in total. The Balaban J connectivity index is 1.55. The van der Waals surface area contributed by atoms with E-state index in [0.29, 0.717) is 19.5 Å². The van der Waals surface area contributed by atoms with Gasteiger partial charge in [-0.05, 0) is 30.7 Å². The van der Waals surface area contributed by atoms with Gasteiger partial charge in [0, 0.05) is 13.1 Å². The van der Waals surface area contributed by atoms with Crippen LogP contribution < -0.4 is 5.73 Å². The summed E-state index contributed by atoms with van der Waals surface area (Å²) in [6, 6.07) is 9.96. The van der Waals surface area contributed by atoms with E-state index in [4.69, 9.17) is 17.3 Å². The van der Waals surface area contributed by atoms with Crippen molar-refractivity contribution in [2.45, 2.75) is 25.4 Å². The first-order valence-corrected chi connectivity index (χ1v) is 8.44. The summed E-state index contributed by atoms with van der Waals surface area (Å²) in [6.45, 7) is 1.18. The van der Waals surface area contributed by atoms with Gasteiger partial charge in [-0.15, -0.1) is 0 Å². The number of carbonyl (C=O) groups excluding carboxylic acids is 1. The van der Waals surface area contributed by atoms with Crippen molar-refractivity contribution in [3.63, 3.8) is 0 Å². The zero-order valence-electron chi connectivity index (χ0n) is 13.3. The van der Waals surface area contributed by atoms with Crippen LogP contribution in [0.1, 0.15) is 28.9 Å². The molecule has 7 heteroatoms. The molecule has 1 aromatic carbocycles. The standard InChI is InChI=1S/C17H21ClN4O2/c18-14-15(20-21-16(14)19)17(24)22-8-6-12(7-9-22)13(23)10-11-4-2-1-3-5-11/h1-5,12-13,23H,6-10H2,(H3,19,20,21). The lowest BCUT2D eigenvalue weighted by Gasteiger charge is -2.34. The second kappa shape index (κ2) is 7.23. The van der Waals surface area contributed by atoms with E-state index in [1.165, 1.54) is 0 Å². The van der Waals surface area contributed by atoms with Crippen LogP contribution in [0.15, 0.2) is 30.3 Å². The van der Waals surface area contributed by atoms with Crippen LogP contribution in [0.4, 0.5) is 5.82 Å². The van der Waals surface area contributed by atoms with Gasteiger partial charge in [0.05, 0.1) is 6.10 Å². The van der Waals surface area contributed by atoms with Crippen LogP contribution in [0.5, 0.6) is 0 Å². The van der Waals surface area contributed by atoms with Gasteiger partial charge in [0.2, 0.25) is 0 Å². The first-order valence-electron chi connectivity index (χ1n) is 8.07. The molecule has 0 spiro atoms. The van der Waals surface area contributed by atoms with Gasteiger partial charge in [-0.3, -0.25) is 9.89 Å². The van der Waals surface area contributed by atoms with Crippen LogP contribution in [-0.4, -0.2) is 45.3 Å². The van der Waals surface area contributed by atoms with Crippen LogP contribution in [0.3, 0.4) is 0 Å². The Labute approximate surface area is 145 Å². The largest absolute Gasteiger partial charge is 0.392 e. The van der Waals surface area contributed by atoms with Crippen LogP contribution in [0.2, 0.25) is 5.02 Å². The minimum absolute atomic E-state index is 0.133. The van der Waals surface area contributed by atoms with Crippen molar-refractivity contribution >= 4 is 23.3 Å². The van der Waals surface area contributed by atoms with Crippen molar-refractivity contribution in [3.05, 3.63) is 46.6 Å². The lowest BCUT2D eigenvalue weighted by Crippen LogP contribution is -2.41. The Morgan fingerprint density at radius 1 is 1.38 bits per heavy atom. The fraction of sp³-hybridized carbons (Fsp3) is 0.412. The number of rotatable bonds is 4. The number of aliphatic hydroxyl groups is 1. The van der Waals surface area contributed by atoms with Crippen molar-refractivity contribution in [1.82, 2.24) is 15.1 Å². The lowest BCUT2D eigenvalue weighted by molar-refractivity contribution is 0.0464. The number of nitrogens with zero attached hydrogens (tertiary/aromatic N) is 2. The van der Waals surface area contributed by atoms with E-state index in [0.717, 1.165) is 18.4 Å². The maximum Gasteiger partial charge on any atom is 0.273 e. The number of anilines is 1. The van der Waals surface area contributed by atoms with E-state index in [1.807, 2.05) is 30.3 Å². The van der Waals surface area contributed by atoms with Crippen molar-refractivity contribution in [3.8, 4) is 0 Å². The summed E-state index contributed by atoms with van der Waals surface area (Å²) in [4.78, 5) is 14.2. The number of aromatic amines is 1. The molecule has 4 N–H and O–H groups in total. The number of H-pyrrole nitrogens is 1. The number of aromatic nitrogens is 2. The Morgan fingerprint density at radius 3 is 2.62 bits per heavy atom. The normalized spacial score (nSPS) is 17.0. The molecule has 0 aliphatic carbocycles. The second-order valence-electron chi connectivity index (χ2n) is 6.18. The maximum atomic E-state index is 12.5. The smallest absolute Gasteiger partial charge is 0.273 e. The van der Waals surface area contributed by atoms with Gasteiger partial charge in [0.15, 0.2) is 5.82 Å². The van der Waals surface area contributed by atoms with Crippen LogP contribution in [0, 0.1) is 5.92 Å². The number of carbonyl (C=O) groups is 1. The number of nitrogens with one attached hydrogen (secondary N) is 1. The van der Waals surface area contributed by atoms with Crippen LogP contribution >= 0.6 is 11.6 Å². The summed E-state index contributed by atoms with van der Waals surface area (Å²) in [5.74, 6) is 0.130. The number of hydrogen-bond donors (Lipinski definition) is 3.